The second kappa shape index (κ2) is 13.2. The van der Waals surface area contributed by atoms with E-state index >= 15 is 0 Å². The lowest BCUT2D eigenvalue weighted by atomic mass is 10.0. The van der Waals surface area contributed by atoms with E-state index in [4.69, 9.17) is 9.47 Å². The van der Waals surface area contributed by atoms with Gasteiger partial charge in [0.1, 0.15) is 12.1 Å². The van der Waals surface area contributed by atoms with Gasteiger partial charge in [-0.05, 0) is 42.9 Å². The average molecular weight is 451 g/mol. The van der Waals surface area contributed by atoms with Crippen molar-refractivity contribution in [2.45, 2.75) is 52.6 Å². The number of methoxy groups -OCH3 is 2. The minimum Gasteiger partial charge on any atom is -0.467 e. The molecule has 0 aromatic heterocycles. The maximum atomic E-state index is 12.3. The van der Waals surface area contributed by atoms with Gasteiger partial charge in [0.15, 0.2) is 0 Å². The number of hydrogen-bond donors (Lipinski definition) is 4. The maximum Gasteiger partial charge on any atom is 0.328 e. The lowest BCUT2D eigenvalue weighted by Crippen LogP contribution is -2.44. The van der Waals surface area contributed by atoms with Crippen molar-refractivity contribution in [1.82, 2.24) is 10.6 Å². The lowest BCUT2D eigenvalue weighted by Gasteiger charge is -2.19. The fourth-order valence-electron chi connectivity index (χ4n) is 2.98. The molecule has 1 aromatic carbocycles. The molecular weight excluding hydrogens is 416 g/mol. The first kappa shape index (κ1) is 26.7. The van der Waals surface area contributed by atoms with E-state index in [0.29, 0.717) is 24.2 Å². The Labute approximate surface area is 188 Å². The predicted octanol–water partition coefficient (Wildman–Crippen LogP) is 3.11. The fraction of sp³-hybridized carbons (Fsp3) is 0.545. The Morgan fingerprint density at radius 1 is 0.750 bits per heavy atom. The molecule has 0 bridgehead atoms. The molecule has 0 radical (unpaired) electrons. The van der Waals surface area contributed by atoms with Crippen molar-refractivity contribution in [1.29, 1.82) is 0 Å². The van der Waals surface area contributed by atoms with Gasteiger partial charge in [0.2, 0.25) is 0 Å². The van der Waals surface area contributed by atoms with Crippen LogP contribution in [0.4, 0.5) is 21.0 Å². The molecule has 0 aliphatic carbocycles. The SMILES string of the molecule is COC(=O)[C@H](CC(C)C)NC(=O)Nc1cccc(NC(=O)N[C@@H](CC(C)C)C(=O)OC)c1. The first-order chi connectivity index (χ1) is 15.0. The maximum absolute atomic E-state index is 12.3. The number of anilines is 2. The third-order valence-electron chi connectivity index (χ3n) is 4.37. The minimum absolute atomic E-state index is 0.176. The Hall–Kier alpha value is -3.30. The first-order valence-corrected chi connectivity index (χ1v) is 10.5. The van der Waals surface area contributed by atoms with Crippen molar-refractivity contribution in [3.63, 3.8) is 0 Å². The average Bonchev–Trinajstić information content (AvgIpc) is 2.71. The highest BCUT2D eigenvalue weighted by atomic mass is 16.5. The van der Waals surface area contributed by atoms with Crippen LogP contribution in [0, 0.1) is 11.8 Å². The normalized spacial score (nSPS) is 12.5. The number of carbonyl (C=O) groups excluding carboxylic acids is 4. The van der Waals surface area contributed by atoms with Gasteiger partial charge in [-0.15, -0.1) is 0 Å². The zero-order valence-corrected chi connectivity index (χ0v) is 19.5. The summed E-state index contributed by atoms with van der Waals surface area (Å²) in [6.45, 7) is 7.73. The zero-order chi connectivity index (χ0) is 24.3. The summed E-state index contributed by atoms with van der Waals surface area (Å²) >= 11 is 0. The number of esters is 2. The molecule has 0 heterocycles. The van der Waals surface area contributed by atoms with Gasteiger partial charge in [-0.2, -0.15) is 0 Å². The second-order valence-corrected chi connectivity index (χ2v) is 8.19. The topological polar surface area (TPSA) is 135 Å². The van der Waals surface area contributed by atoms with Gasteiger partial charge in [-0.1, -0.05) is 33.8 Å². The minimum atomic E-state index is -0.775. The van der Waals surface area contributed by atoms with E-state index in [1.165, 1.54) is 14.2 Å². The molecule has 0 saturated heterocycles. The molecule has 10 nitrogen and oxygen atoms in total. The molecule has 2 atom stereocenters. The molecule has 0 fully saturated rings. The summed E-state index contributed by atoms with van der Waals surface area (Å²) in [5, 5.41) is 10.4. The molecule has 0 aliphatic rings. The Bertz CT molecular complexity index is 735. The van der Waals surface area contributed by atoms with Crippen LogP contribution in [0.2, 0.25) is 0 Å². The largest absolute Gasteiger partial charge is 0.467 e. The number of benzene rings is 1. The summed E-state index contributed by atoms with van der Waals surface area (Å²) in [6, 6.07) is 3.75. The van der Waals surface area contributed by atoms with Gasteiger partial charge in [0.25, 0.3) is 0 Å². The van der Waals surface area contributed by atoms with E-state index in [-0.39, 0.29) is 11.8 Å². The summed E-state index contributed by atoms with van der Waals surface area (Å²) in [4.78, 5) is 48.4. The van der Waals surface area contributed by atoms with E-state index < -0.39 is 36.1 Å². The van der Waals surface area contributed by atoms with Crippen molar-refractivity contribution in [2.75, 3.05) is 24.9 Å². The molecule has 4 amide bonds. The van der Waals surface area contributed by atoms with Crippen molar-refractivity contribution in [3.8, 4) is 0 Å². The van der Waals surface area contributed by atoms with E-state index in [1.807, 2.05) is 27.7 Å². The van der Waals surface area contributed by atoms with Crippen LogP contribution in [0.15, 0.2) is 24.3 Å². The summed E-state index contributed by atoms with van der Waals surface area (Å²) in [6.07, 6.45) is 0.860. The predicted molar refractivity (Wildman–Crippen MR) is 121 cm³/mol. The molecule has 0 unspecified atom stereocenters. The van der Waals surface area contributed by atoms with Crippen LogP contribution in [-0.4, -0.2) is 50.3 Å². The summed E-state index contributed by atoms with van der Waals surface area (Å²) in [7, 11) is 2.53. The number of rotatable bonds is 10. The Morgan fingerprint density at radius 2 is 1.12 bits per heavy atom. The number of carbonyl (C=O) groups is 4. The van der Waals surface area contributed by atoms with Gasteiger partial charge in [0.05, 0.1) is 14.2 Å². The highest BCUT2D eigenvalue weighted by Gasteiger charge is 2.24. The molecule has 32 heavy (non-hydrogen) atoms. The molecule has 1 aromatic rings. The van der Waals surface area contributed by atoms with Crippen molar-refractivity contribution in [2.24, 2.45) is 11.8 Å². The number of urea groups is 2. The smallest absolute Gasteiger partial charge is 0.328 e. The molecular formula is C22H34N4O6. The van der Waals surface area contributed by atoms with Crippen LogP contribution >= 0.6 is 0 Å². The number of ether oxygens (including phenoxy) is 2. The molecule has 0 aliphatic heterocycles. The summed E-state index contributed by atoms with van der Waals surface area (Å²) in [5.41, 5.74) is 0.806. The van der Waals surface area contributed by atoms with Gasteiger partial charge in [-0.3, -0.25) is 0 Å². The van der Waals surface area contributed by atoms with E-state index in [2.05, 4.69) is 21.3 Å². The molecule has 1 rings (SSSR count). The standard InChI is InChI=1S/C22H34N4O6/c1-13(2)10-17(19(27)31-5)25-21(29)23-15-8-7-9-16(12-15)24-22(30)26-18(11-14(3)4)20(28)32-6/h7-9,12-14,17-18H,10-11H2,1-6H3,(H2,23,25,29)(H2,24,26,30)/t17-,18-/m0/s1. The third-order valence-corrected chi connectivity index (χ3v) is 4.37. The Morgan fingerprint density at radius 3 is 1.44 bits per heavy atom. The first-order valence-electron chi connectivity index (χ1n) is 10.5. The third kappa shape index (κ3) is 9.67. The molecule has 10 heteroatoms. The monoisotopic (exact) mass is 450 g/mol. The van der Waals surface area contributed by atoms with Gasteiger partial charge in [-0.25, -0.2) is 19.2 Å². The molecule has 0 spiro atoms. The quantitative estimate of drug-likeness (QED) is 0.405. The number of nitrogens with one attached hydrogen (secondary N) is 4. The van der Waals surface area contributed by atoms with Gasteiger partial charge in [0, 0.05) is 11.4 Å². The van der Waals surface area contributed by atoms with Crippen molar-refractivity contribution >= 4 is 35.4 Å². The van der Waals surface area contributed by atoms with Crippen LogP contribution in [0.3, 0.4) is 0 Å². The highest BCUT2D eigenvalue weighted by Crippen LogP contribution is 2.16. The Balaban J connectivity index is 2.76. The van der Waals surface area contributed by atoms with Crippen LogP contribution in [-0.2, 0) is 19.1 Å². The lowest BCUT2D eigenvalue weighted by molar-refractivity contribution is -0.144. The fourth-order valence-corrected chi connectivity index (χ4v) is 2.98. The van der Waals surface area contributed by atoms with E-state index in [1.54, 1.807) is 24.3 Å². The summed E-state index contributed by atoms with van der Waals surface area (Å²) < 4.78 is 9.48. The van der Waals surface area contributed by atoms with Crippen molar-refractivity contribution in [3.05, 3.63) is 24.3 Å². The van der Waals surface area contributed by atoms with Crippen molar-refractivity contribution < 1.29 is 28.7 Å². The summed E-state index contributed by atoms with van der Waals surface area (Å²) in [5.74, 6) is -0.699. The second-order valence-electron chi connectivity index (χ2n) is 8.19. The zero-order valence-electron chi connectivity index (χ0n) is 19.5. The molecule has 4 N–H and O–H groups in total. The van der Waals surface area contributed by atoms with Gasteiger partial charge < -0.3 is 30.7 Å². The van der Waals surface area contributed by atoms with Crippen LogP contribution in [0.5, 0.6) is 0 Å². The molecule has 178 valence electrons. The Kier molecular flexibility index (Phi) is 11.0. The van der Waals surface area contributed by atoms with Crippen LogP contribution in [0.1, 0.15) is 40.5 Å². The van der Waals surface area contributed by atoms with Crippen LogP contribution < -0.4 is 21.3 Å². The van der Waals surface area contributed by atoms with E-state index in [0.717, 1.165) is 0 Å². The van der Waals surface area contributed by atoms with Gasteiger partial charge >= 0.3 is 24.0 Å². The molecule has 0 saturated carbocycles. The number of hydrogen-bond acceptors (Lipinski definition) is 6. The highest BCUT2D eigenvalue weighted by molar-refractivity contribution is 5.95. The van der Waals surface area contributed by atoms with E-state index in [9.17, 15) is 19.2 Å². The van der Waals surface area contributed by atoms with Crippen LogP contribution in [0.25, 0.3) is 0 Å². The number of amides is 4.